The number of nitrogens with one attached hydrogen (secondary N) is 1. The Morgan fingerprint density at radius 1 is 1.29 bits per heavy atom. The fourth-order valence-corrected chi connectivity index (χ4v) is 4.58. The number of thioether (sulfide) groups is 1. The van der Waals surface area contributed by atoms with Crippen molar-refractivity contribution >= 4 is 39.1 Å². The molecular weight excluding hydrogens is 330 g/mol. The van der Waals surface area contributed by atoms with Gasteiger partial charge in [-0.1, -0.05) is 18.2 Å². The Morgan fingerprint density at radius 2 is 2.00 bits per heavy atom. The molecule has 112 valence electrons. The molecule has 0 spiro atoms. The second-order valence-electron chi connectivity index (χ2n) is 4.01. The minimum atomic E-state index is -3.64. The predicted octanol–water partition coefficient (Wildman–Crippen LogP) is 2.52. The van der Waals surface area contributed by atoms with Gasteiger partial charge in [0.25, 0.3) is 0 Å². The first kappa shape index (κ1) is 16.0. The van der Waals surface area contributed by atoms with Crippen LogP contribution in [0.25, 0.3) is 0 Å². The van der Waals surface area contributed by atoms with Gasteiger partial charge in [0, 0.05) is 22.6 Å². The minimum absolute atomic E-state index is 0.00499. The Balaban J connectivity index is 1.88. The van der Waals surface area contributed by atoms with Gasteiger partial charge in [-0.3, -0.25) is 0 Å². The summed E-state index contributed by atoms with van der Waals surface area (Å²) < 4.78 is 26.4. The highest BCUT2D eigenvalue weighted by molar-refractivity contribution is 7.99. The summed E-state index contributed by atoms with van der Waals surface area (Å²) in [7, 11) is -3.64. The number of carbonyl (C=O) groups is 1. The van der Waals surface area contributed by atoms with Crippen LogP contribution in [0.15, 0.2) is 51.6 Å². The number of benzene rings is 1. The third-order valence-electron chi connectivity index (χ3n) is 2.50. The molecule has 8 heteroatoms. The largest absolute Gasteiger partial charge is 0.477 e. The summed E-state index contributed by atoms with van der Waals surface area (Å²) >= 11 is 2.44. The molecular formula is C13H13NO4S3. The van der Waals surface area contributed by atoms with E-state index in [1.54, 1.807) is 11.8 Å². The van der Waals surface area contributed by atoms with Crippen LogP contribution >= 0.6 is 23.1 Å². The number of thiophene rings is 1. The average molecular weight is 343 g/mol. The normalized spacial score (nSPS) is 11.4. The zero-order valence-electron chi connectivity index (χ0n) is 10.9. The molecule has 0 aliphatic carbocycles. The molecule has 0 fully saturated rings. The van der Waals surface area contributed by atoms with E-state index in [1.165, 1.54) is 11.4 Å². The van der Waals surface area contributed by atoms with E-state index in [-0.39, 0.29) is 16.3 Å². The summed E-state index contributed by atoms with van der Waals surface area (Å²) in [5, 5.41) is 10.1. The van der Waals surface area contributed by atoms with Crippen molar-refractivity contribution in [3.8, 4) is 0 Å². The molecule has 1 aromatic carbocycles. The van der Waals surface area contributed by atoms with Gasteiger partial charge >= 0.3 is 5.97 Å². The van der Waals surface area contributed by atoms with Crippen LogP contribution in [-0.4, -0.2) is 31.8 Å². The summed E-state index contributed by atoms with van der Waals surface area (Å²) in [5.74, 6) is -0.528. The third-order valence-corrected chi connectivity index (χ3v) is 6.02. The fourth-order valence-electron chi connectivity index (χ4n) is 1.52. The highest BCUT2D eigenvalue weighted by Gasteiger charge is 2.17. The molecule has 1 heterocycles. The third kappa shape index (κ3) is 4.57. The monoisotopic (exact) mass is 343 g/mol. The first-order chi connectivity index (χ1) is 9.99. The fraction of sp³-hybridized carbons (Fsp3) is 0.154. The Labute approximate surface area is 131 Å². The van der Waals surface area contributed by atoms with E-state index in [2.05, 4.69) is 4.72 Å². The van der Waals surface area contributed by atoms with Gasteiger partial charge in [-0.25, -0.2) is 17.9 Å². The van der Waals surface area contributed by atoms with E-state index in [9.17, 15) is 13.2 Å². The van der Waals surface area contributed by atoms with Crippen molar-refractivity contribution in [2.24, 2.45) is 0 Å². The van der Waals surface area contributed by atoms with E-state index < -0.39 is 16.0 Å². The number of aromatic carboxylic acids is 1. The Morgan fingerprint density at radius 3 is 2.62 bits per heavy atom. The van der Waals surface area contributed by atoms with Gasteiger partial charge in [-0.05, 0) is 18.2 Å². The smallest absolute Gasteiger partial charge is 0.345 e. The molecule has 0 bridgehead atoms. The highest BCUT2D eigenvalue weighted by atomic mass is 32.2. The van der Waals surface area contributed by atoms with Crippen molar-refractivity contribution in [2.75, 3.05) is 12.3 Å². The maximum atomic E-state index is 12.0. The number of sulfonamides is 1. The number of hydrogen-bond acceptors (Lipinski definition) is 5. The van der Waals surface area contributed by atoms with E-state index in [4.69, 9.17) is 5.11 Å². The van der Waals surface area contributed by atoms with Gasteiger partial charge in [-0.15, -0.1) is 23.1 Å². The lowest BCUT2D eigenvalue weighted by Gasteiger charge is -2.04. The lowest BCUT2D eigenvalue weighted by atomic mass is 10.4. The molecule has 0 aliphatic rings. The lowest BCUT2D eigenvalue weighted by Crippen LogP contribution is -2.25. The molecule has 2 N–H and O–H groups in total. The van der Waals surface area contributed by atoms with Crippen molar-refractivity contribution in [1.29, 1.82) is 0 Å². The van der Waals surface area contributed by atoms with Crippen molar-refractivity contribution in [1.82, 2.24) is 4.72 Å². The van der Waals surface area contributed by atoms with Gasteiger partial charge in [-0.2, -0.15) is 0 Å². The molecule has 0 amide bonds. The van der Waals surface area contributed by atoms with Gasteiger partial charge < -0.3 is 5.11 Å². The molecule has 0 aliphatic heterocycles. The molecule has 21 heavy (non-hydrogen) atoms. The molecule has 5 nitrogen and oxygen atoms in total. The maximum Gasteiger partial charge on any atom is 0.345 e. The van der Waals surface area contributed by atoms with Crippen molar-refractivity contribution in [2.45, 2.75) is 9.79 Å². The van der Waals surface area contributed by atoms with Crippen molar-refractivity contribution in [3.05, 3.63) is 46.7 Å². The van der Waals surface area contributed by atoms with Crippen molar-refractivity contribution < 1.29 is 18.3 Å². The zero-order valence-corrected chi connectivity index (χ0v) is 13.3. The topological polar surface area (TPSA) is 83.5 Å². The van der Waals surface area contributed by atoms with Crippen LogP contribution in [0, 0.1) is 0 Å². The summed E-state index contributed by atoms with van der Waals surface area (Å²) in [5.41, 5.74) is 0. The molecule has 1 aromatic heterocycles. The van der Waals surface area contributed by atoms with Crippen LogP contribution in [0.5, 0.6) is 0 Å². The molecule has 2 aromatic rings. The Hall–Kier alpha value is -1.35. The van der Waals surface area contributed by atoms with E-state index in [1.807, 2.05) is 30.3 Å². The molecule has 0 saturated heterocycles. The number of carboxylic acid groups (broad SMARTS) is 1. The second-order valence-corrected chi connectivity index (χ2v) is 7.86. The minimum Gasteiger partial charge on any atom is -0.477 e. The van der Waals surface area contributed by atoms with Gasteiger partial charge in [0.05, 0.1) is 4.90 Å². The quantitative estimate of drug-likeness (QED) is 0.596. The molecule has 0 atom stereocenters. The van der Waals surface area contributed by atoms with Crippen LogP contribution in [0.2, 0.25) is 0 Å². The summed E-state index contributed by atoms with van der Waals surface area (Å²) in [6.45, 7) is 0.278. The SMILES string of the molecule is O=C(O)c1cc(S(=O)(=O)NCCSc2ccccc2)cs1. The van der Waals surface area contributed by atoms with E-state index in [0.717, 1.165) is 16.2 Å². The summed E-state index contributed by atoms with van der Waals surface area (Å²) in [6, 6.07) is 10.8. The van der Waals surface area contributed by atoms with Crippen LogP contribution in [0.3, 0.4) is 0 Å². The first-order valence-corrected chi connectivity index (χ1v) is 9.33. The summed E-state index contributed by atoms with van der Waals surface area (Å²) in [6.07, 6.45) is 0. The van der Waals surface area contributed by atoms with E-state index in [0.29, 0.717) is 5.75 Å². The van der Waals surface area contributed by atoms with Crippen LogP contribution in [0.1, 0.15) is 9.67 Å². The Bertz CT molecular complexity index is 710. The first-order valence-electron chi connectivity index (χ1n) is 5.98. The average Bonchev–Trinajstić information content (AvgIpc) is 2.96. The standard InChI is InChI=1S/C13H13NO4S3/c15-13(16)12-8-11(9-20-12)21(17,18)14-6-7-19-10-4-2-1-3-5-10/h1-5,8-9,14H,6-7H2,(H,15,16). The number of rotatable bonds is 7. The van der Waals surface area contributed by atoms with Crippen LogP contribution < -0.4 is 4.72 Å². The second kappa shape index (κ2) is 7.08. The van der Waals surface area contributed by atoms with E-state index >= 15 is 0 Å². The Kier molecular flexibility index (Phi) is 5.40. The lowest BCUT2D eigenvalue weighted by molar-refractivity contribution is 0.0702. The van der Waals surface area contributed by atoms with Crippen LogP contribution in [-0.2, 0) is 10.0 Å². The predicted molar refractivity (Wildman–Crippen MR) is 83.6 cm³/mol. The van der Waals surface area contributed by atoms with Crippen molar-refractivity contribution in [3.63, 3.8) is 0 Å². The van der Waals surface area contributed by atoms with Gasteiger partial charge in [0.1, 0.15) is 4.88 Å². The molecule has 0 saturated carbocycles. The summed E-state index contributed by atoms with van der Waals surface area (Å²) in [4.78, 5) is 11.8. The molecule has 2 rings (SSSR count). The zero-order chi connectivity index (χ0) is 15.3. The molecule has 0 unspecified atom stereocenters. The number of carboxylic acids is 1. The van der Waals surface area contributed by atoms with Gasteiger partial charge in [0.2, 0.25) is 10.0 Å². The van der Waals surface area contributed by atoms with Gasteiger partial charge in [0.15, 0.2) is 0 Å². The maximum absolute atomic E-state index is 12.0. The van der Waals surface area contributed by atoms with Crippen LogP contribution in [0.4, 0.5) is 0 Å². The number of hydrogen-bond donors (Lipinski definition) is 2. The highest BCUT2D eigenvalue weighted by Crippen LogP contribution is 2.20. The molecule has 0 radical (unpaired) electrons.